The molecule has 6 aromatic heterocycles. The molecule has 2 saturated heterocycles. The summed E-state index contributed by atoms with van der Waals surface area (Å²) in [7, 11) is -2.62. The van der Waals surface area contributed by atoms with Crippen LogP contribution < -0.4 is 16.1 Å². The number of hydrogen-bond acceptors (Lipinski definition) is 11. The number of benzene rings is 7. The minimum atomic E-state index is -1.67. The van der Waals surface area contributed by atoms with Crippen LogP contribution in [0.15, 0.2) is 210 Å². The molecule has 4 N–H and O–H groups in total. The predicted octanol–water partition coefficient (Wildman–Crippen LogP) is 18.3. The Kier molecular flexibility index (Phi) is 24.1. The van der Waals surface area contributed by atoms with E-state index in [2.05, 4.69) is 57.4 Å². The highest BCUT2D eigenvalue weighted by molar-refractivity contribution is 9.11. The smallest absolute Gasteiger partial charge is 0.423 e. The van der Waals surface area contributed by atoms with Gasteiger partial charge in [0.25, 0.3) is 11.8 Å². The molecule has 13 aromatic rings. The summed E-state index contributed by atoms with van der Waals surface area (Å²) in [5.74, 6) is -8.50. The monoisotopic (exact) mass is 1640 g/mol. The van der Waals surface area contributed by atoms with E-state index >= 15 is 4.39 Å². The van der Waals surface area contributed by atoms with Gasteiger partial charge >= 0.3 is 21.1 Å². The molecule has 0 unspecified atom stereocenters. The Hall–Kier alpha value is -10.2. The number of carbonyl (C=O) groups excluding carboxylic acids is 2. The van der Waals surface area contributed by atoms with Crippen LogP contribution in [0.4, 0.5) is 55.3 Å². The molecule has 16 nitrogen and oxygen atoms in total. The zero-order chi connectivity index (χ0) is 79.6. The molecule has 0 saturated carbocycles. The fraction of sp³-hybridized carbons (Fsp3) is 0.177. The number of amides is 2. The number of pyridine rings is 3. The van der Waals surface area contributed by atoms with Gasteiger partial charge in [-0.3, -0.25) is 18.4 Å². The zero-order valence-electron chi connectivity index (χ0n) is 60.3. The number of aromatic nitrogens is 6. The molecule has 15 rings (SSSR count). The Bertz CT molecular complexity index is 5550. The number of halogens is 12. The number of fused-ring (bicyclic) bond motifs is 3. The molecule has 8 heterocycles. The molecular weight excluding hydrogens is 1570 g/mol. The summed E-state index contributed by atoms with van der Waals surface area (Å²) in [5, 5.41) is 23.7. The average molecular weight is 1640 g/mol. The van der Waals surface area contributed by atoms with E-state index in [4.69, 9.17) is 18.6 Å². The number of hydrogen-bond donors (Lipinski definition) is 4. The largest absolute Gasteiger partial charge is 0.490 e. The summed E-state index contributed by atoms with van der Waals surface area (Å²) in [5.41, 5.74) is 2.61. The fourth-order valence-corrected chi connectivity index (χ4v) is 12.4. The van der Waals surface area contributed by atoms with E-state index in [9.17, 15) is 59.2 Å². The van der Waals surface area contributed by atoms with Crippen molar-refractivity contribution in [2.75, 3.05) is 10.6 Å². The molecular formula is C79H67B3Br2F10N8O8. The number of nitrogens with zero attached hydrogens (tertiary/aromatic N) is 6. The molecule has 564 valence electrons. The number of carbonyl (C=O) groups is 2. The molecule has 2 fully saturated rings. The van der Waals surface area contributed by atoms with Crippen LogP contribution in [0, 0.1) is 72.0 Å². The summed E-state index contributed by atoms with van der Waals surface area (Å²) >= 11 is 6.43. The number of anilines is 2. The summed E-state index contributed by atoms with van der Waals surface area (Å²) in [6.45, 7) is 19.5. The normalized spacial score (nSPS) is 14.4. The van der Waals surface area contributed by atoms with Crippen molar-refractivity contribution < 1.29 is 82.2 Å². The molecule has 0 atom stereocenters. The number of aryl methyl sites for hydroxylation is 2. The maximum atomic E-state index is 15.8. The third-order valence-electron chi connectivity index (χ3n) is 18.9. The molecule has 2 aliphatic rings. The Morgan fingerprint density at radius 2 is 0.755 bits per heavy atom. The van der Waals surface area contributed by atoms with Crippen LogP contribution in [0.3, 0.4) is 0 Å². The minimum Gasteiger partial charge on any atom is -0.423 e. The summed E-state index contributed by atoms with van der Waals surface area (Å²) < 4.78 is 168. The first-order chi connectivity index (χ1) is 52.0. The lowest BCUT2D eigenvalue weighted by Gasteiger charge is -2.32. The molecule has 31 heteroatoms. The van der Waals surface area contributed by atoms with Gasteiger partial charge < -0.3 is 43.7 Å². The van der Waals surface area contributed by atoms with E-state index in [-0.39, 0.29) is 77.4 Å². The Morgan fingerprint density at radius 3 is 1.18 bits per heavy atom. The van der Waals surface area contributed by atoms with Gasteiger partial charge in [0, 0.05) is 51.0 Å². The maximum absolute atomic E-state index is 15.8. The lowest BCUT2D eigenvalue weighted by Crippen LogP contribution is -2.41. The predicted molar refractivity (Wildman–Crippen MR) is 409 cm³/mol. The third kappa shape index (κ3) is 16.9. The van der Waals surface area contributed by atoms with Crippen molar-refractivity contribution in [3.63, 3.8) is 0 Å². The van der Waals surface area contributed by atoms with Gasteiger partial charge in [0.05, 0.1) is 89.8 Å². The van der Waals surface area contributed by atoms with E-state index in [1.54, 1.807) is 91.6 Å². The zero-order valence-corrected chi connectivity index (χ0v) is 63.5. The second-order valence-electron chi connectivity index (χ2n) is 27.3. The van der Waals surface area contributed by atoms with Gasteiger partial charge in [-0.15, -0.1) is 0 Å². The number of imidazole rings is 3. The van der Waals surface area contributed by atoms with Crippen molar-refractivity contribution in [2.24, 2.45) is 0 Å². The Labute approximate surface area is 642 Å². The molecule has 0 bridgehead atoms. The van der Waals surface area contributed by atoms with Gasteiger partial charge in [-0.1, -0.05) is 48.5 Å². The molecule has 0 spiro atoms. The molecule has 110 heavy (non-hydrogen) atoms. The van der Waals surface area contributed by atoms with E-state index in [0.29, 0.717) is 44.9 Å². The first-order valence-corrected chi connectivity index (χ1v) is 35.4. The lowest BCUT2D eigenvalue weighted by molar-refractivity contribution is 0.00578. The van der Waals surface area contributed by atoms with Crippen molar-refractivity contribution in [1.29, 1.82) is 0 Å². The summed E-state index contributed by atoms with van der Waals surface area (Å²) in [4.78, 5) is 37.4. The first-order valence-electron chi connectivity index (χ1n) is 33.8. The number of nitrogens with one attached hydrogen (secondary N) is 2. The average Bonchev–Trinajstić information content (AvgIpc) is 1.56. The van der Waals surface area contributed by atoms with Gasteiger partial charge in [-0.2, -0.15) is 0 Å². The van der Waals surface area contributed by atoms with Gasteiger partial charge in [0.2, 0.25) is 0 Å². The lowest BCUT2D eigenvalue weighted by atomic mass is 9.49. The Morgan fingerprint density at radius 1 is 0.400 bits per heavy atom. The van der Waals surface area contributed by atoms with E-state index in [0.717, 1.165) is 28.2 Å². The fourth-order valence-electron chi connectivity index (χ4n) is 11.7. The van der Waals surface area contributed by atoms with Crippen molar-refractivity contribution in [3.05, 3.63) is 290 Å². The summed E-state index contributed by atoms with van der Waals surface area (Å²) in [6.07, 6.45) is 9.39. The standard InChI is InChI=1S/C27H17F4N3O.C14H10BrF2NO.C13H9BF2N2O2.C13H7BrF2N2.C12H24B2O4/c1-15-7-12-19(25(31)23(15)27(35)33-17-10-8-16(28)9-11-17)18-5-3-13-34-22(18)14-32-26(34)20-4-2-6-21(29)24(20)30;1-8-2-7-11(15)13(17)12(8)14(19)18-10-5-3-9(16)4-6-10;15-10-5-1-3-8(12(10)16)13-17-7-11-9(14(19)20)4-2-6-18(11)13;14-9-4-2-6-18-11(9)7-17-13(18)8-3-1-5-10(15)12(8)16;1-9(2)10(3,4)16-13(15-9)14-17-11(5,6)12(7,8)18-14/h2-14H,1H3,(H,33,35);2-7H,1H3,(H,18,19);1-7,19-20H;1-7H;1-8H3. The van der Waals surface area contributed by atoms with E-state index < -0.39 is 91.1 Å². The van der Waals surface area contributed by atoms with Crippen LogP contribution in [-0.2, 0) is 18.6 Å². The molecule has 7 aromatic carbocycles. The van der Waals surface area contributed by atoms with Gasteiger partial charge in [0.15, 0.2) is 34.9 Å². The van der Waals surface area contributed by atoms with Crippen LogP contribution in [-0.4, -0.2) is 93.6 Å². The highest BCUT2D eigenvalue weighted by Gasteiger charge is 2.64. The van der Waals surface area contributed by atoms with Crippen LogP contribution in [0.1, 0.15) is 87.2 Å². The van der Waals surface area contributed by atoms with Crippen LogP contribution in [0.2, 0.25) is 0 Å². The van der Waals surface area contributed by atoms with Crippen molar-refractivity contribution in [2.45, 2.75) is 91.6 Å². The van der Waals surface area contributed by atoms with E-state index in [1.807, 2.05) is 61.5 Å². The van der Waals surface area contributed by atoms with Gasteiger partial charge in [0.1, 0.15) is 40.7 Å². The van der Waals surface area contributed by atoms with Crippen molar-refractivity contribution >= 4 is 98.2 Å². The molecule has 2 amide bonds. The number of rotatable bonds is 10. The highest BCUT2D eigenvalue weighted by atomic mass is 79.9. The van der Waals surface area contributed by atoms with Crippen LogP contribution >= 0.6 is 31.9 Å². The second-order valence-corrected chi connectivity index (χ2v) is 29.0. The molecule has 2 aliphatic heterocycles. The second kappa shape index (κ2) is 32.8. The minimum absolute atomic E-state index is 0.00887. The summed E-state index contributed by atoms with van der Waals surface area (Å²) in [6, 6.07) is 38.5. The van der Waals surface area contributed by atoms with Crippen molar-refractivity contribution in [1.82, 2.24) is 28.2 Å². The van der Waals surface area contributed by atoms with Crippen molar-refractivity contribution in [3.8, 4) is 45.3 Å². The highest BCUT2D eigenvalue weighted by Crippen LogP contribution is 2.44. The molecule has 0 radical (unpaired) electrons. The molecule has 0 aliphatic carbocycles. The SMILES string of the molecule is CC1(C)OB(B2OC(C)(C)C(C)(C)O2)OC1(C)C.Cc1ccc(-c2cccn3c(-c4cccc(F)c4F)ncc23)c(F)c1C(=O)Nc1ccc(F)cc1.Cc1ccc(Br)c(F)c1C(=O)Nc1ccc(F)cc1.Fc1cccc(-c2ncc3c(Br)cccn23)c1F.OB(O)c1cccn2c(-c3cccc(F)c3F)ncc12. The van der Waals surface area contributed by atoms with Gasteiger partial charge in [-0.25, -0.2) is 58.9 Å². The topological polar surface area (TPSA) is 187 Å². The van der Waals surface area contributed by atoms with E-state index in [1.165, 1.54) is 112 Å². The first kappa shape index (κ1) is 80.8. The van der Waals surface area contributed by atoms with Crippen LogP contribution in [0.25, 0.3) is 61.8 Å². The maximum Gasteiger partial charge on any atom is 0.490 e. The van der Waals surface area contributed by atoms with Gasteiger partial charge in [-0.05, 0) is 227 Å². The quantitative estimate of drug-likeness (QED) is 0.0754. The van der Waals surface area contributed by atoms with Crippen LogP contribution in [0.5, 0.6) is 0 Å². The Balaban J connectivity index is 0.000000141. The third-order valence-corrected chi connectivity index (χ3v) is 20.2.